The van der Waals surface area contributed by atoms with E-state index in [2.05, 4.69) is 33.8 Å². The molecule has 0 unspecified atom stereocenters. The number of hydrogen-bond donors (Lipinski definition) is 2. The number of carboxylic acids is 1. The van der Waals surface area contributed by atoms with Crippen molar-refractivity contribution in [2.75, 3.05) is 0 Å². The summed E-state index contributed by atoms with van der Waals surface area (Å²) in [7, 11) is 0. The topological polar surface area (TPSA) is 57.5 Å². The Bertz CT molecular complexity index is 682. The second-order valence-electron chi connectivity index (χ2n) is 12.2. The molecule has 4 aliphatic rings. The molecule has 0 heterocycles. The molecule has 0 aliphatic heterocycles. The number of rotatable bonds is 6. The zero-order valence-electron chi connectivity index (χ0n) is 19.7. The Morgan fingerprint density at radius 1 is 1.07 bits per heavy atom. The van der Waals surface area contributed by atoms with E-state index in [1.54, 1.807) is 0 Å². The van der Waals surface area contributed by atoms with Gasteiger partial charge < -0.3 is 10.2 Å². The van der Waals surface area contributed by atoms with Crippen molar-refractivity contribution in [2.24, 2.45) is 46.3 Å². The van der Waals surface area contributed by atoms with Crippen LogP contribution in [0, 0.1) is 46.3 Å². The highest BCUT2D eigenvalue weighted by Gasteiger charge is 2.59. The largest absolute Gasteiger partial charge is 0.481 e. The van der Waals surface area contributed by atoms with Crippen molar-refractivity contribution in [3.8, 4) is 0 Å². The van der Waals surface area contributed by atoms with Crippen molar-refractivity contribution < 1.29 is 15.0 Å². The van der Waals surface area contributed by atoms with Gasteiger partial charge in [-0.2, -0.15) is 0 Å². The number of hydrogen-bond acceptors (Lipinski definition) is 2. The van der Waals surface area contributed by atoms with Gasteiger partial charge in [0.2, 0.25) is 0 Å². The van der Waals surface area contributed by atoms with E-state index >= 15 is 0 Å². The minimum Gasteiger partial charge on any atom is -0.481 e. The number of allylic oxidation sites excluding steroid dienone is 1. The van der Waals surface area contributed by atoms with Crippen LogP contribution in [0.2, 0.25) is 0 Å². The van der Waals surface area contributed by atoms with Crippen LogP contribution >= 0.6 is 0 Å². The van der Waals surface area contributed by atoms with Crippen LogP contribution < -0.4 is 0 Å². The Morgan fingerprint density at radius 2 is 1.80 bits per heavy atom. The molecule has 4 rings (SSSR count). The summed E-state index contributed by atoms with van der Waals surface area (Å²) >= 11 is 0. The van der Waals surface area contributed by atoms with E-state index in [1.807, 2.05) is 0 Å². The molecule has 30 heavy (non-hydrogen) atoms. The summed E-state index contributed by atoms with van der Waals surface area (Å²) in [4.78, 5) is 12.1. The maximum atomic E-state index is 12.1. The Morgan fingerprint density at radius 3 is 2.50 bits per heavy atom. The highest BCUT2D eigenvalue weighted by atomic mass is 16.4. The minimum absolute atomic E-state index is 0.103. The summed E-state index contributed by atoms with van der Waals surface area (Å²) in [5, 5.41) is 20.6. The third kappa shape index (κ3) is 3.67. The number of carbonyl (C=O) groups is 1. The van der Waals surface area contributed by atoms with Crippen LogP contribution in [0.3, 0.4) is 0 Å². The van der Waals surface area contributed by atoms with Crippen molar-refractivity contribution >= 4 is 5.97 Å². The zero-order chi connectivity index (χ0) is 21.7. The molecule has 3 saturated carbocycles. The number of fused-ring (bicyclic) bond motifs is 5. The monoisotopic (exact) mass is 416 g/mol. The van der Waals surface area contributed by atoms with Crippen LogP contribution in [0.4, 0.5) is 0 Å². The first-order valence-corrected chi connectivity index (χ1v) is 12.8. The van der Waals surface area contributed by atoms with E-state index in [1.165, 1.54) is 37.7 Å². The molecule has 0 aromatic carbocycles. The van der Waals surface area contributed by atoms with Crippen molar-refractivity contribution in [2.45, 2.75) is 104 Å². The van der Waals surface area contributed by atoms with Gasteiger partial charge in [-0.05, 0) is 98.2 Å². The first kappa shape index (κ1) is 22.4. The van der Waals surface area contributed by atoms with E-state index in [9.17, 15) is 15.0 Å². The van der Waals surface area contributed by atoms with Crippen LogP contribution in [0.1, 0.15) is 98.3 Å². The Kier molecular flexibility index (Phi) is 6.16. The molecular weight excluding hydrogens is 372 g/mol. The predicted molar refractivity (Wildman–Crippen MR) is 121 cm³/mol. The molecule has 0 saturated heterocycles. The lowest BCUT2D eigenvalue weighted by Crippen LogP contribution is -2.53. The van der Waals surface area contributed by atoms with Crippen molar-refractivity contribution in [1.82, 2.24) is 0 Å². The summed E-state index contributed by atoms with van der Waals surface area (Å²) in [6, 6.07) is 0. The van der Waals surface area contributed by atoms with E-state index < -0.39 is 5.97 Å². The van der Waals surface area contributed by atoms with Crippen LogP contribution in [-0.4, -0.2) is 22.3 Å². The Balaban J connectivity index is 1.50. The molecular formula is C27H44O3. The van der Waals surface area contributed by atoms with Crippen molar-refractivity contribution in [3.05, 3.63) is 11.6 Å². The first-order chi connectivity index (χ1) is 14.2. The van der Waals surface area contributed by atoms with Gasteiger partial charge >= 0.3 is 5.97 Å². The van der Waals surface area contributed by atoms with Gasteiger partial charge in [0.1, 0.15) is 0 Å². The Hall–Kier alpha value is -0.830. The fraction of sp³-hybridized carbons (Fsp3) is 0.889. The van der Waals surface area contributed by atoms with Gasteiger partial charge in [-0.3, -0.25) is 4.79 Å². The molecule has 0 aromatic heterocycles. The average Bonchev–Trinajstić information content (AvgIpc) is 2.99. The van der Waals surface area contributed by atoms with Crippen molar-refractivity contribution in [1.29, 1.82) is 0 Å². The van der Waals surface area contributed by atoms with E-state index in [-0.39, 0.29) is 17.4 Å². The fourth-order valence-corrected chi connectivity index (χ4v) is 8.36. The molecule has 0 radical (unpaired) electrons. The zero-order valence-corrected chi connectivity index (χ0v) is 19.7. The minimum atomic E-state index is -0.615. The molecule has 3 nitrogen and oxygen atoms in total. The summed E-state index contributed by atoms with van der Waals surface area (Å²) in [5.74, 6) is 2.60. The van der Waals surface area contributed by atoms with Gasteiger partial charge in [0.05, 0.1) is 12.0 Å². The summed E-state index contributed by atoms with van der Waals surface area (Å²) in [5.41, 5.74) is 1.69. The maximum Gasteiger partial charge on any atom is 0.310 e. The lowest BCUT2D eigenvalue weighted by atomic mass is 9.45. The van der Waals surface area contributed by atoms with Gasteiger partial charge in [-0.15, -0.1) is 0 Å². The second kappa shape index (κ2) is 8.26. The molecule has 0 amide bonds. The molecule has 3 fully saturated rings. The SMILES string of the molecule is CC(C)CCC[C@@H](C(=O)O)C1=CC[C@@]2(C)[C@@H](CC[C@H]3[C@H]2CC[C@]2(C)[C@H](O)CC[C@H]32)C1. The van der Waals surface area contributed by atoms with Crippen LogP contribution in [0.5, 0.6) is 0 Å². The lowest BCUT2D eigenvalue weighted by molar-refractivity contribution is -0.141. The maximum absolute atomic E-state index is 12.1. The summed E-state index contributed by atoms with van der Waals surface area (Å²) in [6.07, 6.45) is 14.4. The molecule has 170 valence electrons. The highest BCUT2D eigenvalue weighted by molar-refractivity contribution is 5.73. The fourth-order valence-electron chi connectivity index (χ4n) is 8.36. The third-order valence-electron chi connectivity index (χ3n) is 10.3. The predicted octanol–water partition coefficient (Wildman–Crippen LogP) is 6.45. The third-order valence-corrected chi connectivity index (χ3v) is 10.3. The standard InChI is InChI=1S/C27H44O3/c1-17(2)6-5-7-20(25(29)30)18-12-14-26(3)19(16-18)8-9-21-22-10-11-24(28)27(22,4)15-13-23(21)26/h12,17,19-24,28H,5-11,13-16H2,1-4H3,(H,29,30)/t19-,20+,21+,22+,23+,24+,26-,27-/m0/s1. The molecule has 0 bridgehead atoms. The lowest BCUT2D eigenvalue weighted by Gasteiger charge is -2.60. The van der Waals surface area contributed by atoms with Crippen LogP contribution in [0.25, 0.3) is 0 Å². The summed E-state index contributed by atoms with van der Waals surface area (Å²) < 4.78 is 0. The van der Waals surface area contributed by atoms with Crippen LogP contribution in [0.15, 0.2) is 11.6 Å². The van der Waals surface area contributed by atoms with E-state index in [4.69, 9.17) is 0 Å². The molecule has 0 spiro atoms. The number of carboxylic acid groups (broad SMARTS) is 1. The van der Waals surface area contributed by atoms with Gasteiger partial charge in [-0.25, -0.2) is 0 Å². The van der Waals surface area contributed by atoms with Gasteiger partial charge in [-0.1, -0.05) is 52.2 Å². The molecule has 2 N–H and O–H groups in total. The summed E-state index contributed by atoms with van der Waals surface area (Å²) in [6.45, 7) is 9.31. The number of aliphatic hydroxyl groups is 1. The molecule has 8 atom stereocenters. The van der Waals surface area contributed by atoms with Gasteiger partial charge in [0, 0.05) is 0 Å². The average molecular weight is 417 g/mol. The first-order valence-electron chi connectivity index (χ1n) is 12.8. The highest BCUT2D eigenvalue weighted by Crippen LogP contribution is 2.66. The van der Waals surface area contributed by atoms with E-state index in [0.29, 0.717) is 23.2 Å². The smallest absolute Gasteiger partial charge is 0.310 e. The van der Waals surface area contributed by atoms with Crippen molar-refractivity contribution in [3.63, 3.8) is 0 Å². The normalized spacial score (nSPS) is 44.1. The Labute approximate surface area is 183 Å². The number of aliphatic carboxylic acids is 1. The van der Waals surface area contributed by atoms with Crippen LogP contribution in [-0.2, 0) is 4.79 Å². The van der Waals surface area contributed by atoms with Gasteiger partial charge in [0.15, 0.2) is 0 Å². The number of aliphatic hydroxyl groups excluding tert-OH is 1. The quantitative estimate of drug-likeness (QED) is 0.489. The van der Waals surface area contributed by atoms with E-state index in [0.717, 1.165) is 50.4 Å². The second-order valence-corrected chi connectivity index (χ2v) is 12.2. The molecule has 4 aliphatic carbocycles. The molecule has 3 heteroatoms. The van der Waals surface area contributed by atoms with Gasteiger partial charge in [0.25, 0.3) is 0 Å². The molecule has 0 aromatic rings.